The summed E-state index contributed by atoms with van der Waals surface area (Å²) in [6.45, 7) is 5.18. The van der Waals surface area contributed by atoms with E-state index in [1.54, 1.807) is 0 Å². The topological polar surface area (TPSA) is 98.5 Å². The van der Waals surface area contributed by atoms with E-state index < -0.39 is 22.9 Å². The number of carbonyl (C=O) groups excluding carboxylic acids is 2. The number of anilines is 1. The fourth-order valence-electron chi connectivity index (χ4n) is 2.17. The van der Waals surface area contributed by atoms with Crippen molar-refractivity contribution in [2.24, 2.45) is 0 Å². The molecule has 0 heterocycles. The Morgan fingerprint density at radius 1 is 1.19 bits per heavy atom. The van der Waals surface area contributed by atoms with Crippen LogP contribution in [0.4, 0.5) is 11.4 Å². The van der Waals surface area contributed by atoms with Crippen LogP contribution in [0.15, 0.2) is 36.4 Å². The molecule has 26 heavy (non-hydrogen) atoms. The Morgan fingerprint density at radius 2 is 1.88 bits per heavy atom. The third kappa shape index (κ3) is 4.58. The van der Waals surface area contributed by atoms with Crippen LogP contribution in [0.5, 0.6) is 0 Å². The minimum atomic E-state index is -1.08. The van der Waals surface area contributed by atoms with Crippen molar-refractivity contribution in [2.45, 2.75) is 26.9 Å². The van der Waals surface area contributed by atoms with Gasteiger partial charge in [0.25, 0.3) is 11.6 Å². The van der Waals surface area contributed by atoms with Gasteiger partial charge in [0.1, 0.15) is 0 Å². The molecule has 0 aliphatic heterocycles. The fourth-order valence-corrected chi connectivity index (χ4v) is 2.42. The van der Waals surface area contributed by atoms with E-state index in [1.165, 1.54) is 13.0 Å². The molecule has 8 heteroatoms. The molecule has 2 aromatic carbocycles. The third-order valence-electron chi connectivity index (χ3n) is 3.69. The van der Waals surface area contributed by atoms with Gasteiger partial charge in [0, 0.05) is 17.8 Å². The number of rotatable bonds is 5. The molecule has 0 spiro atoms. The number of hydrogen-bond donors (Lipinski definition) is 1. The van der Waals surface area contributed by atoms with Gasteiger partial charge in [0.15, 0.2) is 6.10 Å². The van der Waals surface area contributed by atoms with Gasteiger partial charge in [-0.3, -0.25) is 14.9 Å². The van der Waals surface area contributed by atoms with Gasteiger partial charge in [-0.25, -0.2) is 4.79 Å². The zero-order valence-corrected chi connectivity index (χ0v) is 15.2. The van der Waals surface area contributed by atoms with Gasteiger partial charge < -0.3 is 10.1 Å². The van der Waals surface area contributed by atoms with E-state index in [9.17, 15) is 19.7 Å². The molecule has 1 N–H and O–H groups in total. The first kappa shape index (κ1) is 19.4. The van der Waals surface area contributed by atoms with E-state index in [0.29, 0.717) is 5.69 Å². The number of hydrogen-bond acceptors (Lipinski definition) is 5. The molecular formula is C18H17ClN2O5. The normalized spacial score (nSPS) is 11.5. The number of nitrogens with zero attached hydrogens (tertiary/aromatic N) is 1. The first-order valence-corrected chi connectivity index (χ1v) is 8.10. The molecule has 0 unspecified atom stereocenters. The standard InChI is InChI=1S/C18H17ClN2O5/c1-10-4-5-11(2)16(8-10)20-17(22)12(3)26-18(23)14-7-6-13(21(24)25)9-15(14)19/h4-9,12H,1-3H3,(H,20,22)/t12-/m1/s1. The van der Waals surface area contributed by atoms with Crippen LogP contribution < -0.4 is 5.32 Å². The van der Waals surface area contributed by atoms with Crippen LogP contribution in [0.25, 0.3) is 0 Å². The Balaban J connectivity index is 2.07. The van der Waals surface area contributed by atoms with Gasteiger partial charge in [-0.2, -0.15) is 0 Å². The molecular weight excluding hydrogens is 360 g/mol. The molecule has 2 rings (SSSR count). The number of esters is 1. The second kappa shape index (κ2) is 7.97. The average molecular weight is 377 g/mol. The van der Waals surface area contributed by atoms with Crippen LogP contribution in [0.2, 0.25) is 5.02 Å². The zero-order chi connectivity index (χ0) is 19.4. The number of nitro groups is 1. The molecule has 136 valence electrons. The molecule has 1 amide bonds. The minimum absolute atomic E-state index is 0.0522. The Hall–Kier alpha value is -2.93. The smallest absolute Gasteiger partial charge is 0.340 e. The molecule has 7 nitrogen and oxygen atoms in total. The van der Waals surface area contributed by atoms with Crippen LogP contribution in [0.3, 0.4) is 0 Å². The van der Waals surface area contributed by atoms with Gasteiger partial charge in [-0.15, -0.1) is 0 Å². The number of carbonyl (C=O) groups is 2. The second-order valence-corrected chi connectivity index (χ2v) is 6.18. The molecule has 0 fully saturated rings. The number of benzene rings is 2. The molecule has 1 atom stereocenters. The maximum absolute atomic E-state index is 12.3. The lowest BCUT2D eigenvalue weighted by atomic mass is 10.1. The lowest BCUT2D eigenvalue weighted by Crippen LogP contribution is -2.30. The largest absolute Gasteiger partial charge is 0.449 e. The molecule has 0 radical (unpaired) electrons. The maximum atomic E-state index is 12.3. The monoisotopic (exact) mass is 376 g/mol. The van der Waals surface area contributed by atoms with Crippen molar-refractivity contribution in [1.82, 2.24) is 0 Å². The summed E-state index contributed by atoms with van der Waals surface area (Å²) in [6.07, 6.45) is -1.08. The fraction of sp³-hybridized carbons (Fsp3) is 0.222. The Morgan fingerprint density at radius 3 is 2.50 bits per heavy atom. The second-order valence-electron chi connectivity index (χ2n) is 5.78. The summed E-state index contributed by atoms with van der Waals surface area (Å²) < 4.78 is 5.12. The number of non-ortho nitro benzene ring substituents is 1. The first-order chi connectivity index (χ1) is 12.2. The van der Waals surface area contributed by atoms with Gasteiger partial charge in [0.2, 0.25) is 0 Å². The summed E-state index contributed by atoms with van der Waals surface area (Å²) >= 11 is 5.89. The number of nitro benzene ring substituents is 1. The zero-order valence-electron chi connectivity index (χ0n) is 14.4. The van der Waals surface area contributed by atoms with E-state index in [-0.39, 0.29) is 16.3 Å². The van der Waals surface area contributed by atoms with E-state index in [1.807, 2.05) is 32.0 Å². The molecule has 2 aromatic rings. The van der Waals surface area contributed by atoms with E-state index in [4.69, 9.17) is 16.3 Å². The number of halogens is 1. The van der Waals surface area contributed by atoms with Gasteiger partial charge in [-0.05, 0) is 44.0 Å². The lowest BCUT2D eigenvalue weighted by molar-refractivity contribution is -0.384. The predicted octanol–water partition coefficient (Wildman–Crippen LogP) is 4.05. The highest BCUT2D eigenvalue weighted by atomic mass is 35.5. The Bertz CT molecular complexity index is 882. The molecule has 0 aromatic heterocycles. The van der Waals surface area contributed by atoms with Crippen LogP contribution in [-0.2, 0) is 9.53 Å². The van der Waals surface area contributed by atoms with Crippen LogP contribution in [0, 0.1) is 24.0 Å². The molecule has 0 saturated heterocycles. The van der Waals surface area contributed by atoms with Crippen molar-refractivity contribution < 1.29 is 19.2 Å². The Kier molecular flexibility index (Phi) is 5.94. The number of ether oxygens (including phenoxy) is 1. The Labute approximate surface area is 155 Å². The minimum Gasteiger partial charge on any atom is -0.449 e. The first-order valence-electron chi connectivity index (χ1n) is 7.72. The lowest BCUT2D eigenvalue weighted by Gasteiger charge is -2.15. The molecule has 0 aliphatic carbocycles. The number of nitrogens with one attached hydrogen (secondary N) is 1. The third-order valence-corrected chi connectivity index (χ3v) is 4.00. The summed E-state index contributed by atoms with van der Waals surface area (Å²) in [6, 6.07) is 9.00. The van der Waals surface area contributed by atoms with Crippen LogP contribution in [-0.4, -0.2) is 22.9 Å². The van der Waals surface area contributed by atoms with Crippen molar-refractivity contribution in [3.63, 3.8) is 0 Å². The summed E-state index contributed by atoms with van der Waals surface area (Å²) in [5, 5.41) is 13.3. The van der Waals surface area contributed by atoms with Crippen molar-refractivity contribution in [2.75, 3.05) is 5.32 Å². The van der Waals surface area contributed by atoms with Gasteiger partial charge in [-0.1, -0.05) is 23.7 Å². The molecule has 0 bridgehead atoms. The highest BCUT2D eigenvalue weighted by molar-refractivity contribution is 6.33. The highest BCUT2D eigenvalue weighted by Gasteiger charge is 2.22. The highest BCUT2D eigenvalue weighted by Crippen LogP contribution is 2.23. The van der Waals surface area contributed by atoms with E-state index >= 15 is 0 Å². The average Bonchev–Trinajstić information content (AvgIpc) is 2.57. The number of aryl methyl sites for hydroxylation is 2. The van der Waals surface area contributed by atoms with Gasteiger partial charge in [0.05, 0.1) is 15.5 Å². The maximum Gasteiger partial charge on any atom is 0.340 e. The predicted molar refractivity (Wildman–Crippen MR) is 97.5 cm³/mol. The molecule has 0 aliphatic rings. The van der Waals surface area contributed by atoms with Crippen LogP contribution in [0.1, 0.15) is 28.4 Å². The number of amides is 1. The van der Waals surface area contributed by atoms with E-state index in [2.05, 4.69) is 5.32 Å². The summed E-state index contributed by atoms with van der Waals surface area (Å²) in [4.78, 5) is 34.5. The molecule has 0 saturated carbocycles. The summed E-state index contributed by atoms with van der Waals surface area (Å²) in [5.74, 6) is -1.33. The SMILES string of the molecule is Cc1ccc(C)c(NC(=O)[C@@H](C)OC(=O)c2ccc([N+](=O)[O-])cc2Cl)c1. The van der Waals surface area contributed by atoms with Crippen molar-refractivity contribution in [1.29, 1.82) is 0 Å². The van der Waals surface area contributed by atoms with Crippen molar-refractivity contribution >= 4 is 34.9 Å². The van der Waals surface area contributed by atoms with Crippen molar-refractivity contribution in [3.8, 4) is 0 Å². The van der Waals surface area contributed by atoms with Crippen LogP contribution >= 0.6 is 11.6 Å². The summed E-state index contributed by atoms with van der Waals surface area (Å²) in [5.41, 5.74) is 2.19. The quantitative estimate of drug-likeness (QED) is 0.482. The van der Waals surface area contributed by atoms with Gasteiger partial charge >= 0.3 is 5.97 Å². The van der Waals surface area contributed by atoms with Crippen molar-refractivity contribution in [3.05, 3.63) is 68.2 Å². The van der Waals surface area contributed by atoms with E-state index in [0.717, 1.165) is 23.3 Å². The summed E-state index contributed by atoms with van der Waals surface area (Å²) in [7, 11) is 0.